The van der Waals surface area contributed by atoms with Crippen LogP contribution >= 0.6 is 0 Å². The van der Waals surface area contributed by atoms with Gasteiger partial charge in [0.1, 0.15) is 12.3 Å². The first kappa shape index (κ1) is 18.4. The number of likely N-dealkylation sites (N-methyl/N-ethyl adjacent to an activating group) is 1. The Morgan fingerprint density at radius 3 is 2.89 bits per heavy atom. The highest BCUT2D eigenvalue weighted by molar-refractivity contribution is 5.88. The highest BCUT2D eigenvalue weighted by atomic mass is 16.5. The number of ether oxygens (including phenoxy) is 1. The molecule has 2 aliphatic rings. The van der Waals surface area contributed by atoms with Crippen LogP contribution in [-0.2, 0) is 11.3 Å². The van der Waals surface area contributed by atoms with E-state index < -0.39 is 0 Å². The molecule has 4 rings (SSSR count). The summed E-state index contributed by atoms with van der Waals surface area (Å²) in [5.74, 6) is 1.66. The van der Waals surface area contributed by atoms with Crippen LogP contribution in [0.5, 0.6) is 5.75 Å². The summed E-state index contributed by atoms with van der Waals surface area (Å²) in [5, 5.41) is 1.06. The topological polar surface area (TPSA) is 37.7 Å². The average Bonchev–Trinajstić information content (AvgIpc) is 3.11. The molecule has 1 aromatic carbocycles. The van der Waals surface area contributed by atoms with Crippen LogP contribution in [0.4, 0.5) is 0 Å². The minimum absolute atomic E-state index is 0.184. The van der Waals surface area contributed by atoms with E-state index >= 15 is 0 Å². The number of carbonyl (C=O) groups is 1. The normalized spacial score (nSPS) is 23.2. The molecule has 0 bridgehead atoms. The predicted octanol–water partition coefficient (Wildman–Crippen LogP) is 3.37. The number of methoxy groups -OCH3 is 1. The molecule has 2 atom stereocenters. The van der Waals surface area contributed by atoms with E-state index in [1.807, 2.05) is 47.0 Å². The number of carbonyl (C=O) groups excluding carboxylic acids is 1. The Morgan fingerprint density at radius 2 is 2.04 bits per heavy atom. The molecular weight excluding hydrogens is 338 g/mol. The molecule has 2 aromatic rings. The first-order valence-corrected chi connectivity index (χ1v) is 10.3. The second-order valence-electron chi connectivity index (χ2n) is 8.11. The summed E-state index contributed by atoms with van der Waals surface area (Å²) in [7, 11) is 3.65. The number of hydrogen-bond acceptors (Lipinski definition) is 3. The number of hydrogen-bond donors (Lipinski definition) is 0. The van der Waals surface area contributed by atoms with Gasteiger partial charge >= 0.3 is 0 Å². The van der Waals surface area contributed by atoms with E-state index in [4.69, 9.17) is 4.74 Å². The number of rotatable bonds is 5. The maximum atomic E-state index is 12.9. The molecule has 3 heterocycles. The Hall–Kier alpha value is -2.01. The molecule has 2 unspecified atom stereocenters. The molecule has 1 amide bonds. The van der Waals surface area contributed by atoms with Gasteiger partial charge in [-0.25, -0.2) is 0 Å². The van der Waals surface area contributed by atoms with Crippen LogP contribution in [0, 0.1) is 5.92 Å². The first-order valence-electron chi connectivity index (χ1n) is 10.3. The summed E-state index contributed by atoms with van der Waals surface area (Å²) < 4.78 is 7.46. The van der Waals surface area contributed by atoms with Crippen LogP contribution in [0.1, 0.15) is 32.1 Å². The van der Waals surface area contributed by atoms with Gasteiger partial charge in [0.25, 0.3) is 0 Å². The molecule has 0 spiro atoms. The van der Waals surface area contributed by atoms with E-state index in [1.165, 1.54) is 45.2 Å². The third kappa shape index (κ3) is 3.70. The molecule has 0 radical (unpaired) electrons. The summed E-state index contributed by atoms with van der Waals surface area (Å²) in [6.45, 7) is 3.75. The minimum Gasteiger partial charge on any atom is -0.496 e. The van der Waals surface area contributed by atoms with Gasteiger partial charge in [0.15, 0.2) is 0 Å². The van der Waals surface area contributed by atoms with Crippen molar-refractivity contribution in [2.24, 2.45) is 5.92 Å². The maximum Gasteiger partial charge on any atom is 0.242 e. The molecule has 27 heavy (non-hydrogen) atoms. The fourth-order valence-electron chi connectivity index (χ4n) is 5.02. The molecular formula is C22H31N3O2. The second kappa shape index (κ2) is 7.93. The van der Waals surface area contributed by atoms with Gasteiger partial charge in [-0.05, 0) is 62.9 Å². The molecule has 2 fully saturated rings. The van der Waals surface area contributed by atoms with Crippen LogP contribution in [-0.4, -0.2) is 60.1 Å². The van der Waals surface area contributed by atoms with Gasteiger partial charge in [0.2, 0.25) is 5.91 Å². The zero-order valence-corrected chi connectivity index (χ0v) is 16.6. The van der Waals surface area contributed by atoms with E-state index in [9.17, 15) is 4.79 Å². The van der Waals surface area contributed by atoms with Crippen LogP contribution < -0.4 is 4.74 Å². The quantitative estimate of drug-likeness (QED) is 0.811. The van der Waals surface area contributed by atoms with E-state index in [0.29, 0.717) is 18.5 Å². The fourth-order valence-corrected chi connectivity index (χ4v) is 5.02. The van der Waals surface area contributed by atoms with E-state index in [-0.39, 0.29) is 5.91 Å². The van der Waals surface area contributed by atoms with Gasteiger partial charge < -0.3 is 19.1 Å². The second-order valence-corrected chi connectivity index (χ2v) is 8.11. The number of piperidine rings is 2. The lowest BCUT2D eigenvalue weighted by Crippen LogP contribution is -2.51. The number of nitrogens with zero attached hydrogens (tertiary/aromatic N) is 3. The van der Waals surface area contributed by atoms with E-state index in [0.717, 1.165) is 23.2 Å². The van der Waals surface area contributed by atoms with Gasteiger partial charge in [-0.2, -0.15) is 0 Å². The Balaban J connectivity index is 1.42. The van der Waals surface area contributed by atoms with E-state index in [1.54, 1.807) is 7.11 Å². The molecule has 2 aliphatic heterocycles. The first-order chi connectivity index (χ1) is 13.2. The van der Waals surface area contributed by atoms with Crippen LogP contribution in [0.25, 0.3) is 10.9 Å². The summed E-state index contributed by atoms with van der Waals surface area (Å²) >= 11 is 0. The van der Waals surface area contributed by atoms with Gasteiger partial charge in [-0.3, -0.25) is 4.79 Å². The highest BCUT2D eigenvalue weighted by Crippen LogP contribution is 2.31. The van der Waals surface area contributed by atoms with Crippen LogP contribution in [0.15, 0.2) is 30.5 Å². The van der Waals surface area contributed by atoms with Crippen molar-refractivity contribution in [1.82, 2.24) is 14.4 Å². The van der Waals surface area contributed by atoms with Crippen molar-refractivity contribution >= 4 is 16.8 Å². The monoisotopic (exact) mass is 369 g/mol. The van der Waals surface area contributed by atoms with Gasteiger partial charge in [-0.1, -0.05) is 12.5 Å². The van der Waals surface area contributed by atoms with Crippen molar-refractivity contribution in [2.75, 3.05) is 33.8 Å². The molecule has 2 saturated heterocycles. The summed E-state index contributed by atoms with van der Waals surface area (Å²) in [4.78, 5) is 17.5. The van der Waals surface area contributed by atoms with Crippen molar-refractivity contribution in [3.8, 4) is 5.75 Å². The zero-order chi connectivity index (χ0) is 18.8. The lowest BCUT2D eigenvalue weighted by molar-refractivity contribution is -0.131. The minimum atomic E-state index is 0.184. The largest absolute Gasteiger partial charge is 0.496 e. The molecule has 5 heteroatoms. The molecule has 146 valence electrons. The lowest BCUT2D eigenvalue weighted by Gasteiger charge is -2.45. The Morgan fingerprint density at radius 1 is 1.19 bits per heavy atom. The van der Waals surface area contributed by atoms with E-state index in [2.05, 4.69) is 4.90 Å². The number of fused-ring (bicyclic) bond motifs is 2. The zero-order valence-electron chi connectivity index (χ0n) is 16.6. The third-order valence-corrected chi connectivity index (χ3v) is 6.46. The molecule has 5 nitrogen and oxygen atoms in total. The van der Waals surface area contributed by atoms with Crippen LogP contribution in [0.2, 0.25) is 0 Å². The Kier molecular flexibility index (Phi) is 5.39. The van der Waals surface area contributed by atoms with Gasteiger partial charge in [0, 0.05) is 31.2 Å². The fraction of sp³-hybridized carbons (Fsp3) is 0.591. The molecule has 0 N–H and O–H groups in total. The summed E-state index contributed by atoms with van der Waals surface area (Å²) in [6, 6.07) is 8.69. The summed E-state index contributed by atoms with van der Waals surface area (Å²) in [6.07, 6.45) is 8.49. The van der Waals surface area contributed by atoms with Gasteiger partial charge in [0.05, 0.1) is 12.6 Å². The Labute approximate surface area is 161 Å². The van der Waals surface area contributed by atoms with Crippen molar-refractivity contribution in [3.05, 3.63) is 30.5 Å². The van der Waals surface area contributed by atoms with Crippen LogP contribution in [0.3, 0.4) is 0 Å². The highest BCUT2D eigenvalue weighted by Gasteiger charge is 2.34. The van der Waals surface area contributed by atoms with Crippen molar-refractivity contribution in [3.63, 3.8) is 0 Å². The smallest absolute Gasteiger partial charge is 0.242 e. The standard InChI is InChI=1S/C22H31N3O2/c1-23(15-17-7-6-13-24-12-4-3-8-19(17)24)22(26)16-25-14-11-18-20(25)9-5-10-21(18)27-2/h5,9-11,14,17,19H,3-4,6-8,12-13,15-16H2,1-2H3. The van der Waals surface area contributed by atoms with Crippen molar-refractivity contribution in [1.29, 1.82) is 0 Å². The SMILES string of the molecule is COc1cccc2c1ccn2CC(=O)N(C)CC1CCCN2CCCCC12. The summed E-state index contributed by atoms with van der Waals surface area (Å²) in [5.41, 5.74) is 1.05. The molecule has 0 aliphatic carbocycles. The molecule has 1 aromatic heterocycles. The van der Waals surface area contributed by atoms with Crippen molar-refractivity contribution < 1.29 is 9.53 Å². The number of amides is 1. The number of benzene rings is 1. The van der Waals surface area contributed by atoms with Gasteiger partial charge in [-0.15, -0.1) is 0 Å². The predicted molar refractivity (Wildman–Crippen MR) is 108 cm³/mol. The Bertz CT molecular complexity index is 798. The van der Waals surface area contributed by atoms with Crippen molar-refractivity contribution in [2.45, 2.75) is 44.7 Å². The molecule has 0 saturated carbocycles. The lowest BCUT2D eigenvalue weighted by atomic mass is 9.83. The maximum absolute atomic E-state index is 12.9. The average molecular weight is 370 g/mol. The number of aromatic nitrogens is 1. The third-order valence-electron chi connectivity index (χ3n) is 6.46.